The molecule has 1 aliphatic rings. The fraction of sp³-hybridized carbons (Fsp3) is 0.462. The Morgan fingerprint density at radius 2 is 2.17 bits per heavy atom. The smallest absolute Gasteiger partial charge is 0.338 e. The number of esters is 1. The van der Waals surface area contributed by atoms with E-state index in [1.54, 1.807) is 24.3 Å². The van der Waals surface area contributed by atoms with Crippen LogP contribution in [0.5, 0.6) is 0 Å². The van der Waals surface area contributed by atoms with E-state index < -0.39 is 24.5 Å². The van der Waals surface area contributed by atoms with Crippen molar-refractivity contribution in [3.05, 3.63) is 35.9 Å². The lowest BCUT2D eigenvalue weighted by atomic mass is 10.2. The molecular formula is C13H16O5. The molecule has 1 aromatic carbocycles. The number of methoxy groups -OCH3 is 1. The van der Waals surface area contributed by atoms with E-state index in [1.807, 2.05) is 6.07 Å². The number of benzene rings is 1. The summed E-state index contributed by atoms with van der Waals surface area (Å²) in [6, 6.07) is 8.69. The number of carbonyl (C=O) groups excluding carboxylic acids is 1. The molecule has 0 aromatic heterocycles. The Bertz CT molecular complexity index is 392. The Balaban J connectivity index is 1.83. The largest absolute Gasteiger partial charge is 0.459 e. The van der Waals surface area contributed by atoms with Crippen LogP contribution in [-0.2, 0) is 14.2 Å². The Labute approximate surface area is 105 Å². The molecule has 2 rings (SSSR count). The standard InChI is InChI=1S/C13H16O5/c1-16-12-7-10(14)11(18-12)8-17-13(15)9-5-3-2-4-6-9/h2-6,10-12,14H,7-8H2,1H3/t10-,11+,12+/m0/s1. The SMILES string of the molecule is CO[C@H]1C[C@H](O)[C@@H](COC(=O)c2ccccc2)O1. The van der Waals surface area contributed by atoms with Gasteiger partial charge in [-0.2, -0.15) is 0 Å². The van der Waals surface area contributed by atoms with Crippen LogP contribution in [0.4, 0.5) is 0 Å². The molecule has 0 saturated carbocycles. The van der Waals surface area contributed by atoms with Crippen LogP contribution in [0, 0.1) is 0 Å². The molecule has 0 unspecified atom stereocenters. The van der Waals surface area contributed by atoms with E-state index in [0.717, 1.165) is 0 Å². The molecule has 0 radical (unpaired) electrons. The van der Waals surface area contributed by atoms with Crippen LogP contribution < -0.4 is 0 Å². The summed E-state index contributed by atoms with van der Waals surface area (Å²) >= 11 is 0. The van der Waals surface area contributed by atoms with Gasteiger partial charge in [0.2, 0.25) is 0 Å². The van der Waals surface area contributed by atoms with Crippen LogP contribution in [0.25, 0.3) is 0 Å². The van der Waals surface area contributed by atoms with E-state index in [1.165, 1.54) is 7.11 Å². The zero-order chi connectivity index (χ0) is 13.0. The van der Waals surface area contributed by atoms with Gasteiger partial charge in [0.25, 0.3) is 0 Å². The molecular weight excluding hydrogens is 236 g/mol. The molecule has 1 fully saturated rings. The minimum absolute atomic E-state index is 0.0226. The number of aliphatic hydroxyl groups excluding tert-OH is 1. The maximum absolute atomic E-state index is 11.7. The normalized spacial score (nSPS) is 27.1. The van der Waals surface area contributed by atoms with E-state index >= 15 is 0 Å². The maximum atomic E-state index is 11.7. The Kier molecular flexibility index (Phi) is 4.30. The summed E-state index contributed by atoms with van der Waals surface area (Å²) in [6.07, 6.45) is -1.23. The molecule has 3 atom stereocenters. The zero-order valence-electron chi connectivity index (χ0n) is 10.1. The fourth-order valence-electron chi connectivity index (χ4n) is 1.81. The van der Waals surface area contributed by atoms with Crippen molar-refractivity contribution in [1.29, 1.82) is 0 Å². The highest BCUT2D eigenvalue weighted by Gasteiger charge is 2.34. The van der Waals surface area contributed by atoms with Crippen molar-refractivity contribution in [2.45, 2.75) is 24.9 Å². The topological polar surface area (TPSA) is 65.0 Å². The van der Waals surface area contributed by atoms with Crippen molar-refractivity contribution in [3.63, 3.8) is 0 Å². The Hall–Kier alpha value is -1.43. The molecule has 0 aliphatic carbocycles. The minimum atomic E-state index is -0.668. The summed E-state index contributed by atoms with van der Waals surface area (Å²) in [7, 11) is 1.51. The maximum Gasteiger partial charge on any atom is 0.338 e. The molecule has 0 spiro atoms. The van der Waals surface area contributed by atoms with E-state index in [9.17, 15) is 9.90 Å². The minimum Gasteiger partial charge on any atom is -0.459 e. The molecule has 18 heavy (non-hydrogen) atoms. The van der Waals surface area contributed by atoms with Crippen LogP contribution in [0.2, 0.25) is 0 Å². The summed E-state index contributed by atoms with van der Waals surface area (Å²) in [5.74, 6) is -0.424. The Morgan fingerprint density at radius 1 is 1.44 bits per heavy atom. The summed E-state index contributed by atoms with van der Waals surface area (Å²) in [5, 5.41) is 9.68. The van der Waals surface area contributed by atoms with E-state index in [0.29, 0.717) is 12.0 Å². The van der Waals surface area contributed by atoms with E-state index in [2.05, 4.69) is 0 Å². The summed E-state index contributed by atoms with van der Waals surface area (Å²) in [4.78, 5) is 11.7. The second-order valence-electron chi connectivity index (χ2n) is 4.11. The van der Waals surface area contributed by atoms with Gasteiger partial charge in [-0.1, -0.05) is 18.2 Å². The Morgan fingerprint density at radius 3 is 2.78 bits per heavy atom. The molecule has 0 bridgehead atoms. The highest BCUT2D eigenvalue weighted by Crippen LogP contribution is 2.21. The predicted octanol–water partition coefficient (Wildman–Crippen LogP) is 0.966. The van der Waals surface area contributed by atoms with Gasteiger partial charge < -0.3 is 19.3 Å². The molecule has 98 valence electrons. The van der Waals surface area contributed by atoms with Crippen molar-refractivity contribution in [1.82, 2.24) is 0 Å². The summed E-state index contributed by atoms with van der Waals surface area (Å²) in [6.45, 7) is 0.0226. The molecule has 1 aromatic rings. The van der Waals surface area contributed by atoms with Crippen LogP contribution in [-0.4, -0.2) is 43.3 Å². The third-order valence-corrected chi connectivity index (χ3v) is 2.84. The lowest BCUT2D eigenvalue weighted by Gasteiger charge is -2.14. The number of hydrogen-bond donors (Lipinski definition) is 1. The quantitative estimate of drug-likeness (QED) is 0.809. The van der Waals surface area contributed by atoms with Gasteiger partial charge in [-0.25, -0.2) is 4.79 Å². The fourth-order valence-corrected chi connectivity index (χ4v) is 1.81. The van der Waals surface area contributed by atoms with Gasteiger partial charge in [-0.15, -0.1) is 0 Å². The summed E-state index contributed by atoms with van der Waals surface area (Å²) < 4.78 is 15.4. The van der Waals surface area contributed by atoms with Crippen molar-refractivity contribution in [2.24, 2.45) is 0 Å². The van der Waals surface area contributed by atoms with Crippen LogP contribution in [0.15, 0.2) is 30.3 Å². The van der Waals surface area contributed by atoms with Crippen LogP contribution in [0.3, 0.4) is 0 Å². The van der Waals surface area contributed by atoms with Crippen molar-refractivity contribution in [2.75, 3.05) is 13.7 Å². The lowest BCUT2D eigenvalue weighted by Crippen LogP contribution is -2.28. The average molecular weight is 252 g/mol. The van der Waals surface area contributed by atoms with Crippen LogP contribution >= 0.6 is 0 Å². The predicted molar refractivity (Wildman–Crippen MR) is 63.0 cm³/mol. The first-order chi connectivity index (χ1) is 8.70. The van der Waals surface area contributed by atoms with Gasteiger partial charge >= 0.3 is 5.97 Å². The third-order valence-electron chi connectivity index (χ3n) is 2.84. The molecule has 1 N–H and O–H groups in total. The molecule has 1 aliphatic heterocycles. The highest BCUT2D eigenvalue weighted by molar-refractivity contribution is 5.89. The number of rotatable bonds is 4. The number of aliphatic hydroxyl groups is 1. The van der Waals surface area contributed by atoms with Crippen molar-refractivity contribution < 1.29 is 24.1 Å². The molecule has 1 heterocycles. The van der Waals surface area contributed by atoms with Gasteiger partial charge in [0, 0.05) is 13.5 Å². The second kappa shape index (κ2) is 5.95. The number of ether oxygens (including phenoxy) is 3. The highest BCUT2D eigenvalue weighted by atomic mass is 16.7. The average Bonchev–Trinajstić information content (AvgIpc) is 2.77. The lowest BCUT2D eigenvalue weighted by molar-refractivity contribution is -0.128. The molecule has 1 saturated heterocycles. The van der Waals surface area contributed by atoms with Crippen molar-refractivity contribution >= 4 is 5.97 Å². The van der Waals surface area contributed by atoms with Crippen molar-refractivity contribution in [3.8, 4) is 0 Å². The van der Waals surface area contributed by atoms with Gasteiger partial charge in [-0.3, -0.25) is 0 Å². The molecule has 0 amide bonds. The van der Waals surface area contributed by atoms with Gasteiger partial charge in [0.1, 0.15) is 12.7 Å². The first-order valence-corrected chi connectivity index (χ1v) is 5.79. The first kappa shape index (κ1) is 13.0. The third kappa shape index (κ3) is 3.07. The van der Waals surface area contributed by atoms with E-state index in [-0.39, 0.29) is 6.61 Å². The second-order valence-corrected chi connectivity index (χ2v) is 4.11. The monoisotopic (exact) mass is 252 g/mol. The molecule has 5 nitrogen and oxygen atoms in total. The van der Waals surface area contributed by atoms with E-state index in [4.69, 9.17) is 14.2 Å². The van der Waals surface area contributed by atoms with Gasteiger partial charge in [-0.05, 0) is 12.1 Å². The van der Waals surface area contributed by atoms with Gasteiger partial charge in [0.05, 0.1) is 11.7 Å². The molecule has 5 heteroatoms. The number of hydrogen-bond acceptors (Lipinski definition) is 5. The summed E-state index contributed by atoms with van der Waals surface area (Å²) in [5.41, 5.74) is 0.480. The number of carbonyl (C=O) groups is 1. The van der Waals surface area contributed by atoms with Crippen LogP contribution in [0.1, 0.15) is 16.8 Å². The zero-order valence-corrected chi connectivity index (χ0v) is 10.1. The van der Waals surface area contributed by atoms with Gasteiger partial charge in [0.15, 0.2) is 6.29 Å². The first-order valence-electron chi connectivity index (χ1n) is 5.79.